The highest BCUT2D eigenvalue weighted by atomic mass is 127. The number of hydrogen-bond donors (Lipinski definition) is 1. The van der Waals surface area contributed by atoms with Gasteiger partial charge in [0, 0.05) is 6.04 Å². The van der Waals surface area contributed by atoms with Crippen LogP contribution >= 0.6 is 22.6 Å². The number of hydrogen-bond acceptors (Lipinski definition) is 1. The van der Waals surface area contributed by atoms with Gasteiger partial charge in [0.1, 0.15) is 5.82 Å². The predicted molar refractivity (Wildman–Crippen MR) is 60.9 cm³/mol. The molecule has 0 aliphatic carbocycles. The molecule has 2 N–H and O–H groups in total. The third-order valence-corrected chi connectivity index (χ3v) is 3.20. The van der Waals surface area contributed by atoms with E-state index in [0.717, 1.165) is 5.56 Å². The Hall–Kier alpha value is -0.160. The van der Waals surface area contributed by atoms with Crippen LogP contribution in [0.1, 0.15) is 25.5 Å². The fourth-order valence-electron chi connectivity index (χ4n) is 1.14. The summed E-state index contributed by atoms with van der Waals surface area (Å²) < 4.78 is 13.8. The van der Waals surface area contributed by atoms with E-state index in [0.29, 0.717) is 9.49 Å². The highest BCUT2D eigenvalue weighted by Crippen LogP contribution is 2.25. The lowest BCUT2D eigenvalue weighted by molar-refractivity contribution is 0.507. The van der Waals surface area contributed by atoms with E-state index >= 15 is 0 Å². The summed E-state index contributed by atoms with van der Waals surface area (Å²) in [6.07, 6.45) is 0. The van der Waals surface area contributed by atoms with Crippen LogP contribution in [-0.2, 0) is 0 Å². The quantitative estimate of drug-likeness (QED) is 0.833. The van der Waals surface area contributed by atoms with E-state index in [1.54, 1.807) is 6.07 Å². The predicted octanol–water partition coefficient (Wildman–Crippen LogP) is 3.09. The van der Waals surface area contributed by atoms with Gasteiger partial charge in [0.2, 0.25) is 0 Å². The number of benzene rings is 1. The molecule has 13 heavy (non-hydrogen) atoms. The van der Waals surface area contributed by atoms with Crippen LogP contribution in [0.25, 0.3) is 0 Å². The molecule has 0 aromatic heterocycles. The third-order valence-electron chi connectivity index (χ3n) is 2.06. The molecule has 0 aliphatic rings. The molecule has 0 radical (unpaired) electrons. The van der Waals surface area contributed by atoms with E-state index in [1.807, 2.05) is 42.5 Å². The number of nitrogens with two attached hydrogens (primary N) is 1. The first-order chi connectivity index (χ1) is 6.04. The average Bonchev–Trinajstić information content (AvgIpc) is 2.08. The Morgan fingerprint density at radius 2 is 2.00 bits per heavy atom. The van der Waals surface area contributed by atoms with E-state index < -0.39 is 0 Å². The molecule has 72 valence electrons. The summed E-state index contributed by atoms with van der Waals surface area (Å²) in [5.74, 6) is 0.143. The van der Waals surface area contributed by atoms with Crippen molar-refractivity contribution in [3.05, 3.63) is 33.1 Å². The summed E-state index contributed by atoms with van der Waals surface area (Å²) in [6, 6.07) is 4.96. The molecule has 1 rings (SSSR count). The van der Waals surface area contributed by atoms with E-state index in [-0.39, 0.29) is 11.9 Å². The van der Waals surface area contributed by atoms with Crippen molar-refractivity contribution in [2.45, 2.75) is 19.9 Å². The Balaban J connectivity index is 3.07. The van der Waals surface area contributed by atoms with Crippen molar-refractivity contribution in [1.29, 1.82) is 0 Å². The summed E-state index contributed by atoms with van der Waals surface area (Å²) in [5, 5.41) is 0. The van der Waals surface area contributed by atoms with Crippen LogP contribution in [0.15, 0.2) is 18.2 Å². The lowest BCUT2D eigenvalue weighted by atomic mass is 9.97. The molecule has 1 atom stereocenters. The van der Waals surface area contributed by atoms with E-state index in [9.17, 15) is 4.39 Å². The maximum Gasteiger partial charge on any atom is 0.136 e. The van der Waals surface area contributed by atoms with Crippen LogP contribution in [0.2, 0.25) is 0 Å². The van der Waals surface area contributed by atoms with Crippen molar-refractivity contribution >= 4 is 22.6 Å². The minimum atomic E-state index is -0.186. The molecule has 0 saturated heterocycles. The molecular formula is C10H13FIN. The second kappa shape index (κ2) is 4.37. The van der Waals surface area contributed by atoms with Gasteiger partial charge < -0.3 is 5.73 Å². The molecule has 1 unspecified atom stereocenters. The van der Waals surface area contributed by atoms with E-state index in [4.69, 9.17) is 5.73 Å². The topological polar surface area (TPSA) is 26.0 Å². The normalized spacial score (nSPS) is 13.4. The van der Waals surface area contributed by atoms with Crippen molar-refractivity contribution in [1.82, 2.24) is 0 Å². The molecule has 3 heteroatoms. The Kier molecular flexibility index (Phi) is 3.67. The molecule has 1 aromatic rings. The Morgan fingerprint density at radius 1 is 1.38 bits per heavy atom. The van der Waals surface area contributed by atoms with Crippen molar-refractivity contribution in [2.75, 3.05) is 0 Å². The summed E-state index contributed by atoms with van der Waals surface area (Å²) in [5.41, 5.74) is 6.83. The van der Waals surface area contributed by atoms with Crippen molar-refractivity contribution in [2.24, 2.45) is 11.7 Å². The second-order valence-corrected chi connectivity index (χ2v) is 4.49. The molecule has 0 heterocycles. The van der Waals surface area contributed by atoms with Gasteiger partial charge in [0.05, 0.1) is 3.57 Å². The minimum Gasteiger partial charge on any atom is -0.324 e. The SMILES string of the molecule is CC(C)C(N)c1cccc(F)c1I. The van der Waals surface area contributed by atoms with Gasteiger partial charge in [0.15, 0.2) is 0 Å². The zero-order chi connectivity index (χ0) is 10.0. The average molecular weight is 293 g/mol. The first-order valence-electron chi connectivity index (χ1n) is 4.23. The second-order valence-electron chi connectivity index (χ2n) is 3.41. The number of rotatable bonds is 2. The van der Waals surface area contributed by atoms with Gasteiger partial charge in [-0.2, -0.15) is 0 Å². The molecule has 0 bridgehead atoms. The number of halogens is 2. The van der Waals surface area contributed by atoms with Crippen LogP contribution in [0.4, 0.5) is 4.39 Å². The Morgan fingerprint density at radius 3 is 2.54 bits per heavy atom. The van der Waals surface area contributed by atoms with Crippen molar-refractivity contribution < 1.29 is 4.39 Å². The zero-order valence-corrected chi connectivity index (χ0v) is 9.88. The summed E-state index contributed by atoms with van der Waals surface area (Å²) in [7, 11) is 0. The zero-order valence-electron chi connectivity index (χ0n) is 7.72. The van der Waals surface area contributed by atoms with Crippen molar-refractivity contribution in [3.63, 3.8) is 0 Å². The third kappa shape index (κ3) is 2.40. The van der Waals surface area contributed by atoms with Crippen LogP contribution in [0.3, 0.4) is 0 Å². The first kappa shape index (κ1) is 10.9. The fraction of sp³-hybridized carbons (Fsp3) is 0.400. The van der Waals surface area contributed by atoms with Gasteiger partial charge in [-0.1, -0.05) is 26.0 Å². The summed E-state index contributed by atoms with van der Waals surface area (Å²) in [6.45, 7) is 4.07. The van der Waals surface area contributed by atoms with Crippen LogP contribution < -0.4 is 5.73 Å². The molecular weight excluding hydrogens is 280 g/mol. The molecule has 0 spiro atoms. The molecule has 0 amide bonds. The highest BCUT2D eigenvalue weighted by Gasteiger charge is 2.15. The summed E-state index contributed by atoms with van der Waals surface area (Å²) in [4.78, 5) is 0. The Bertz CT molecular complexity index is 299. The standard InChI is InChI=1S/C10H13FIN/c1-6(2)10(13)7-4-3-5-8(11)9(7)12/h3-6,10H,13H2,1-2H3. The van der Waals surface area contributed by atoms with Gasteiger partial charge in [-0.3, -0.25) is 0 Å². The lowest BCUT2D eigenvalue weighted by Crippen LogP contribution is -2.18. The maximum absolute atomic E-state index is 13.1. The van der Waals surface area contributed by atoms with E-state index in [1.165, 1.54) is 6.07 Å². The van der Waals surface area contributed by atoms with Crippen LogP contribution in [-0.4, -0.2) is 0 Å². The molecule has 1 nitrogen and oxygen atoms in total. The molecule has 0 aliphatic heterocycles. The van der Waals surface area contributed by atoms with Gasteiger partial charge in [-0.05, 0) is 40.1 Å². The maximum atomic E-state index is 13.1. The molecule has 1 aromatic carbocycles. The lowest BCUT2D eigenvalue weighted by Gasteiger charge is -2.17. The van der Waals surface area contributed by atoms with Gasteiger partial charge in [0.25, 0.3) is 0 Å². The largest absolute Gasteiger partial charge is 0.324 e. The van der Waals surface area contributed by atoms with Crippen LogP contribution in [0.5, 0.6) is 0 Å². The van der Waals surface area contributed by atoms with Crippen molar-refractivity contribution in [3.8, 4) is 0 Å². The first-order valence-corrected chi connectivity index (χ1v) is 5.31. The van der Waals surface area contributed by atoms with Gasteiger partial charge in [-0.15, -0.1) is 0 Å². The van der Waals surface area contributed by atoms with E-state index in [2.05, 4.69) is 0 Å². The molecule has 0 saturated carbocycles. The smallest absolute Gasteiger partial charge is 0.136 e. The summed E-state index contributed by atoms with van der Waals surface area (Å²) >= 11 is 2.00. The highest BCUT2D eigenvalue weighted by molar-refractivity contribution is 14.1. The van der Waals surface area contributed by atoms with Gasteiger partial charge in [-0.25, -0.2) is 4.39 Å². The monoisotopic (exact) mass is 293 g/mol. The Labute approximate surface area is 91.7 Å². The molecule has 0 fully saturated rings. The fourth-order valence-corrected chi connectivity index (χ4v) is 1.86. The van der Waals surface area contributed by atoms with Gasteiger partial charge >= 0.3 is 0 Å². The minimum absolute atomic E-state index is 0.0809. The van der Waals surface area contributed by atoms with Crippen LogP contribution in [0, 0.1) is 15.3 Å².